The number of non-ortho nitro benzene ring substituents is 1. The number of nitrogens with zero attached hydrogens (tertiary/aromatic N) is 4. The fraction of sp³-hybridized carbons (Fsp3) is 0.385. The van der Waals surface area contributed by atoms with Crippen LogP contribution in [0.25, 0.3) is 10.4 Å². The van der Waals surface area contributed by atoms with E-state index < -0.39 is 40.3 Å². The molecule has 11 nitrogen and oxygen atoms in total. The summed E-state index contributed by atoms with van der Waals surface area (Å²) in [6.07, 6.45) is 2.47. The van der Waals surface area contributed by atoms with Gasteiger partial charge in [0.25, 0.3) is 5.69 Å². The molecule has 0 radical (unpaired) electrons. The number of carboxylic acids is 1. The van der Waals surface area contributed by atoms with E-state index in [9.17, 15) is 34.7 Å². The van der Waals surface area contributed by atoms with Gasteiger partial charge in [-0.1, -0.05) is 32.9 Å². The summed E-state index contributed by atoms with van der Waals surface area (Å²) < 4.78 is 1.68. The van der Waals surface area contributed by atoms with Crippen LogP contribution in [0.15, 0.2) is 42.5 Å². The first-order valence-corrected chi connectivity index (χ1v) is 12.9. The Kier molecular flexibility index (Phi) is 5.99. The van der Waals surface area contributed by atoms with Crippen LogP contribution < -0.4 is 0 Å². The number of benzene rings is 1. The molecule has 5 rings (SSSR count). The number of imidazole rings is 1. The van der Waals surface area contributed by atoms with Crippen molar-refractivity contribution < 1.29 is 29.5 Å². The molecular formula is C26H26N4O7S. The lowest BCUT2D eigenvalue weighted by molar-refractivity contribution is -0.384. The zero-order valence-corrected chi connectivity index (χ0v) is 21.9. The maximum absolute atomic E-state index is 13.1. The largest absolute Gasteiger partial charge is 0.477 e. The Labute approximate surface area is 221 Å². The predicted octanol–water partition coefficient (Wildman–Crippen LogP) is 3.41. The number of carbonyl (C=O) groups is 3. The third kappa shape index (κ3) is 3.66. The third-order valence-electron chi connectivity index (χ3n) is 7.50. The number of amides is 1. The van der Waals surface area contributed by atoms with E-state index in [-0.39, 0.29) is 29.5 Å². The molecule has 1 amide bonds. The van der Waals surface area contributed by atoms with Gasteiger partial charge in [0.1, 0.15) is 22.5 Å². The maximum Gasteiger partial charge on any atom is 0.352 e. The van der Waals surface area contributed by atoms with Gasteiger partial charge in [-0.25, -0.2) is 9.78 Å². The van der Waals surface area contributed by atoms with E-state index in [0.29, 0.717) is 26.5 Å². The van der Waals surface area contributed by atoms with Crippen LogP contribution >= 0.6 is 11.3 Å². The van der Waals surface area contributed by atoms with E-state index in [1.54, 1.807) is 36.6 Å². The SMILES string of the molecule is CC(C)C(=O)c1ncn2cc(C3=C(C(=O)O)N4C(=O)[C@H]([C@@H](C)O)[C@@H]4[C@@]3(C)Cc3ccc([N+](=O)[O-])cc3)sc12. The summed E-state index contributed by atoms with van der Waals surface area (Å²) >= 11 is 1.23. The van der Waals surface area contributed by atoms with E-state index in [0.717, 1.165) is 0 Å². The summed E-state index contributed by atoms with van der Waals surface area (Å²) in [7, 11) is 0. The zero-order valence-electron chi connectivity index (χ0n) is 21.1. The second-order valence-corrected chi connectivity index (χ2v) is 11.4. The first-order chi connectivity index (χ1) is 17.9. The van der Waals surface area contributed by atoms with Crippen LogP contribution in [-0.2, 0) is 16.0 Å². The number of rotatable bonds is 8. The van der Waals surface area contributed by atoms with Crippen LogP contribution in [0.1, 0.15) is 48.6 Å². The minimum atomic E-state index is -1.27. The van der Waals surface area contributed by atoms with Gasteiger partial charge in [-0.2, -0.15) is 0 Å². The number of aliphatic hydroxyl groups excluding tert-OH is 1. The Balaban J connectivity index is 1.69. The van der Waals surface area contributed by atoms with Gasteiger partial charge in [0.15, 0.2) is 5.78 Å². The van der Waals surface area contributed by atoms with Crippen molar-refractivity contribution in [2.45, 2.75) is 46.3 Å². The monoisotopic (exact) mass is 538 g/mol. The lowest BCUT2D eigenvalue weighted by Crippen LogP contribution is -2.66. The number of aromatic nitrogens is 2. The number of Topliss-reactive ketones (excluding diaryl/α,β-unsaturated/α-hetero) is 1. The lowest BCUT2D eigenvalue weighted by atomic mass is 9.64. The number of fused-ring (bicyclic) bond motifs is 2. The fourth-order valence-corrected chi connectivity index (χ4v) is 7.03. The summed E-state index contributed by atoms with van der Waals surface area (Å²) in [6, 6.07) is 5.36. The van der Waals surface area contributed by atoms with Crippen molar-refractivity contribution in [3.63, 3.8) is 0 Å². The summed E-state index contributed by atoms with van der Waals surface area (Å²) in [4.78, 5) is 55.8. The molecular weight excluding hydrogens is 512 g/mol. The Morgan fingerprint density at radius 2 is 1.89 bits per heavy atom. The average molecular weight is 539 g/mol. The first-order valence-electron chi connectivity index (χ1n) is 12.1. The molecule has 0 spiro atoms. The highest BCUT2D eigenvalue weighted by molar-refractivity contribution is 7.18. The topological polar surface area (TPSA) is 155 Å². The minimum absolute atomic E-state index is 0.0714. The molecule has 2 aliphatic heterocycles. The molecule has 38 heavy (non-hydrogen) atoms. The molecule has 12 heteroatoms. The number of β-lactam (4-membered cyclic amide) rings is 1. The molecule has 0 bridgehead atoms. The number of ketones is 1. The average Bonchev–Trinajstić information content (AvgIpc) is 3.47. The van der Waals surface area contributed by atoms with Crippen LogP contribution in [0.2, 0.25) is 0 Å². The molecule has 0 saturated carbocycles. The quantitative estimate of drug-likeness (QED) is 0.191. The molecule has 1 fully saturated rings. The highest BCUT2D eigenvalue weighted by Crippen LogP contribution is 2.59. The summed E-state index contributed by atoms with van der Waals surface area (Å²) in [5.74, 6) is -2.96. The summed E-state index contributed by atoms with van der Waals surface area (Å²) in [5, 5.41) is 31.9. The normalized spacial score (nSPS) is 23.6. The van der Waals surface area contributed by atoms with Gasteiger partial charge >= 0.3 is 5.97 Å². The van der Waals surface area contributed by atoms with Crippen LogP contribution in [0.5, 0.6) is 0 Å². The van der Waals surface area contributed by atoms with Crippen molar-refractivity contribution in [2.75, 3.05) is 0 Å². The number of nitro groups is 1. The van der Waals surface area contributed by atoms with Gasteiger partial charge in [-0.05, 0) is 18.9 Å². The fourth-order valence-electron chi connectivity index (χ4n) is 5.77. The molecule has 1 aromatic carbocycles. The smallest absolute Gasteiger partial charge is 0.352 e. The van der Waals surface area contributed by atoms with Gasteiger partial charge in [-0.15, -0.1) is 11.3 Å². The maximum atomic E-state index is 13.1. The minimum Gasteiger partial charge on any atom is -0.477 e. The van der Waals surface area contributed by atoms with Crippen LogP contribution in [0.3, 0.4) is 0 Å². The Morgan fingerprint density at radius 1 is 1.24 bits per heavy atom. The molecule has 2 N–H and O–H groups in total. The first kappa shape index (κ1) is 25.7. The van der Waals surface area contributed by atoms with Crippen LogP contribution in [-0.4, -0.2) is 59.2 Å². The molecule has 1 saturated heterocycles. The number of carboxylic acid groups (broad SMARTS) is 1. The number of hydrogen-bond acceptors (Lipinski definition) is 8. The van der Waals surface area contributed by atoms with Gasteiger partial charge in [0, 0.05) is 35.2 Å². The number of hydrogen-bond donors (Lipinski definition) is 2. The van der Waals surface area contributed by atoms with Gasteiger partial charge in [0.2, 0.25) is 5.91 Å². The van der Waals surface area contributed by atoms with Crippen molar-refractivity contribution >= 4 is 45.1 Å². The molecule has 3 aromatic rings. The molecule has 0 unspecified atom stereocenters. The van der Waals surface area contributed by atoms with Gasteiger partial charge in [-0.3, -0.25) is 24.1 Å². The highest BCUT2D eigenvalue weighted by Gasteiger charge is 2.66. The molecule has 2 aliphatic rings. The van der Waals surface area contributed by atoms with Crippen molar-refractivity contribution in [1.82, 2.24) is 14.3 Å². The standard InChI is InChI=1S/C26H26N4O7S/c1-12(2)21(32)19-24-28(11-27-19)10-16(38-24)18-20(25(34)35)29-22(17(13(3)31)23(29)33)26(18,4)9-14-5-7-15(8-6-14)30(36)37/h5-8,10-13,17,22,31H,9H2,1-4H3,(H,34,35)/t13-,17-,22-,26+/m1/s1. The van der Waals surface area contributed by atoms with Crippen LogP contribution in [0.4, 0.5) is 5.69 Å². The number of carbonyl (C=O) groups excluding carboxylic acids is 2. The number of nitro benzene ring substituents is 1. The number of aliphatic carboxylic acids is 1. The number of thiazole rings is 1. The van der Waals surface area contributed by atoms with Crippen molar-refractivity contribution in [2.24, 2.45) is 17.3 Å². The van der Waals surface area contributed by atoms with E-state index in [1.165, 1.54) is 41.6 Å². The predicted molar refractivity (Wildman–Crippen MR) is 138 cm³/mol. The van der Waals surface area contributed by atoms with Crippen molar-refractivity contribution in [3.05, 3.63) is 68.7 Å². The Bertz CT molecular complexity index is 1530. The molecule has 2 aromatic heterocycles. The summed E-state index contributed by atoms with van der Waals surface area (Å²) in [5.41, 5.74) is 0.240. The molecule has 198 valence electrons. The van der Waals surface area contributed by atoms with E-state index >= 15 is 0 Å². The second kappa shape index (κ2) is 8.84. The highest BCUT2D eigenvalue weighted by atomic mass is 32.1. The van der Waals surface area contributed by atoms with Gasteiger partial charge < -0.3 is 15.1 Å². The number of aliphatic hydroxyl groups is 1. The van der Waals surface area contributed by atoms with E-state index in [1.807, 2.05) is 6.92 Å². The molecule has 4 heterocycles. The Hall–Kier alpha value is -3.90. The Morgan fingerprint density at radius 3 is 2.45 bits per heavy atom. The second-order valence-electron chi connectivity index (χ2n) is 10.4. The van der Waals surface area contributed by atoms with Crippen molar-refractivity contribution in [3.8, 4) is 0 Å². The van der Waals surface area contributed by atoms with Crippen molar-refractivity contribution in [1.29, 1.82) is 0 Å². The third-order valence-corrected chi connectivity index (χ3v) is 8.63. The van der Waals surface area contributed by atoms with E-state index in [4.69, 9.17) is 0 Å². The zero-order chi connectivity index (χ0) is 27.7. The van der Waals surface area contributed by atoms with Crippen LogP contribution in [0, 0.1) is 27.4 Å². The van der Waals surface area contributed by atoms with E-state index in [2.05, 4.69) is 4.98 Å². The molecule has 4 atom stereocenters. The molecule has 0 aliphatic carbocycles. The lowest BCUT2D eigenvalue weighted by Gasteiger charge is -2.51. The van der Waals surface area contributed by atoms with Gasteiger partial charge in [0.05, 0.1) is 27.9 Å². The summed E-state index contributed by atoms with van der Waals surface area (Å²) in [6.45, 7) is 6.91.